The van der Waals surface area contributed by atoms with E-state index < -0.39 is 0 Å². The van der Waals surface area contributed by atoms with Gasteiger partial charge in [0.2, 0.25) is 5.91 Å². The van der Waals surface area contributed by atoms with E-state index in [1.807, 2.05) is 37.1 Å². The molecule has 6 nitrogen and oxygen atoms in total. The SMILES string of the molecule is CCCNC(=O)N(CC(=O)N1CCc2sccc2[C@@H]1COc1ccc(F)cc1)[C@H](C)CC. The van der Waals surface area contributed by atoms with E-state index in [4.69, 9.17) is 4.74 Å². The third kappa shape index (κ3) is 5.79. The van der Waals surface area contributed by atoms with E-state index in [2.05, 4.69) is 5.32 Å². The number of benzene rings is 1. The fourth-order valence-corrected chi connectivity index (χ4v) is 4.73. The highest BCUT2D eigenvalue weighted by molar-refractivity contribution is 7.10. The second-order valence-corrected chi connectivity index (χ2v) is 9.03. The number of fused-ring (bicyclic) bond motifs is 1. The third-order valence-electron chi connectivity index (χ3n) is 5.85. The Morgan fingerprint density at radius 1 is 1.28 bits per heavy atom. The number of ether oxygens (including phenoxy) is 1. The van der Waals surface area contributed by atoms with Crippen molar-refractivity contribution in [3.05, 3.63) is 52.0 Å². The maximum Gasteiger partial charge on any atom is 0.318 e. The zero-order valence-corrected chi connectivity index (χ0v) is 19.8. The van der Waals surface area contributed by atoms with E-state index in [-0.39, 0.29) is 43.0 Å². The molecule has 2 atom stereocenters. The molecule has 0 bridgehead atoms. The molecule has 0 unspecified atom stereocenters. The lowest BCUT2D eigenvalue weighted by atomic mass is 10.00. The van der Waals surface area contributed by atoms with Gasteiger partial charge in [0.05, 0.1) is 6.04 Å². The number of urea groups is 1. The van der Waals surface area contributed by atoms with Crippen molar-refractivity contribution in [3.63, 3.8) is 0 Å². The molecule has 0 saturated carbocycles. The van der Waals surface area contributed by atoms with Gasteiger partial charge in [0.15, 0.2) is 0 Å². The van der Waals surface area contributed by atoms with Crippen LogP contribution in [0.2, 0.25) is 0 Å². The summed E-state index contributed by atoms with van der Waals surface area (Å²) >= 11 is 1.69. The van der Waals surface area contributed by atoms with E-state index in [0.29, 0.717) is 18.8 Å². The van der Waals surface area contributed by atoms with Gasteiger partial charge in [-0.05, 0) is 67.5 Å². The molecular formula is C24H32FN3O3S. The molecule has 3 amide bonds. The van der Waals surface area contributed by atoms with Crippen molar-refractivity contribution in [1.82, 2.24) is 15.1 Å². The van der Waals surface area contributed by atoms with Gasteiger partial charge in [-0.2, -0.15) is 0 Å². The Labute approximate surface area is 193 Å². The summed E-state index contributed by atoms with van der Waals surface area (Å²) in [4.78, 5) is 30.8. The first kappa shape index (κ1) is 24.0. The molecule has 1 aromatic carbocycles. The lowest BCUT2D eigenvalue weighted by Crippen LogP contribution is -2.52. The number of carbonyl (C=O) groups is 2. The summed E-state index contributed by atoms with van der Waals surface area (Å²) < 4.78 is 19.2. The average molecular weight is 462 g/mol. The minimum absolute atomic E-state index is 0.0249. The van der Waals surface area contributed by atoms with Crippen LogP contribution < -0.4 is 10.1 Å². The highest BCUT2D eigenvalue weighted by Gasteiger charge is 2.34. The molecule has 2 aromatic rings. The van der Waals surface area contributed by atoms with E-state index >= 15 is 0 Å². The molecule has 1 aliphatic heterocycles. The highest BCUT2D eigenvalue weighted by atomic mass is 32.1. The van der Waals surface area contributed by atoms with Crippen molar-refractivity contribution >= 4 is 23.3 Å². The summed E-state index contributed by atoms with van der Waals surface area (Å²) in [6.07, 6.45) is 2.39. The van der Waals surface area contributed by atoms with Gasteiger partial charge in [-0.15, -0.1) is 11.3 Å². The Hall–Kier alpha value is -2.61. The quantitative estimate of drug-likeness (QED) is 0.593. The molecule has 1 N–H and O–H groups in total. The first-order valence-corrected chi connectivity index (χ1v) is 12.1. The van der Waals surface area contributed by atoms with Crippen LogP contribution in [0.3, 0.4) is 0 Å². The molecule has 0 radical (unpaired) electrons. The van der Waals surface area contributed by atoms with Crippen LogP contribution in [0, 0.1) is 5.82 Å². The van der Waals surface area contributed by atoms with Gasteiger partial charge in [0.25, 0.3) is 0 Å². The van der Waals surface area contributed by atoms with Crippen molar-refractivity contribution < 1.29 is 18.7 Å². The average Bonchev–Trinajstić information content (AvgIpc) is 3.29. The summed E-state index contributed by atoms with van der Waals surface area (Å²) in [5, 5.41) is 4.93. The molecule has 1 aromatic heterocycles. The third-order valence-corrected chi connectivity index (χ3v) is 6.85. The van der Waals surface area contributed by atoms with Crippen molar-refractivity contribution in [2.24, 2.45) is 0 Å². The largest absolute Gasteiger partial charge is 0.491 e. The maximum absolute atomic E-state index is 13.4. The van der Waals surface area contributed by atoms with E-state index in [0.717, 1.165) is 24.8 Å². The van der Waals surface area contributed by atoms with Gasteiger partial charge in [0.1, 0.15) is 24.7 Å². The zero-order valence-electron chi connectivity index (χ0n) is 19.0. The number of amides is 3. The normalized spacial score (nSPS) is 16.2. The van der Waals surface area contributed by atoms with Gasteiger partial charge >= 0.3 is 6.03 Å². The van der Waals surface area contributed by atoms with E-state index in [1.54, 1.807) is 28.4 Å². The van der Waals surface area contributed by atoms with Crippen LogP contribution in [0.5, 0.6) is 5.75 Å². The Morgan fingerprint density at radius 2 is 2.03 bits per heavy atom. The zero-order chi connectivity index (χ0) is 23.1. The first-order chi connectivity index (χ1) is 15.4. The number of nitrogens with one attached hydrogen (secondary N) is 1. The van der Waals surface area contributed by atoms with Crippen LogP contribution in [0.1, 0.15) is 50.1 Å². The predicted octanol–water partition coefficient (Wildman–Crippen LogP) is 4.61. The topological polar surface area (TPSA) is 61.9 Å². The minimum atomic E-state index is -0.321. The lowest BCUT2D eigenvalue weighted by molar-refractivity contribution is -0.135. The molecule has 0 spiro atoms. The fraction of sp³-hybridized carbons (Fsp3) is 0.500. The van der Waals surface area contributed by atoms with E-state index in [9.17, 15) is 14.0 Å². The standard InChI is InChI=1S/C24H32FN3O3S/c1-4-12-26-24(30)28(17(3)5-2)15-23(29)27-13-10-22-20(11-14-32-22)21(27)16-31-19-8-6-18(25)7-9-19/h6-9,11,14,17,21H,4-5,10,12-13,15-16H2,1-3H3,(H,26,30)/t17-,21+/m1/s1. The molecule has 1 aliphatic rings. The summed E-state index contributed by atoms with van der Waals surface area (Å²) in [6, 6.07) is 7.41. The smallest absolute Gasteiger partial charge is 0.318 e. The Balaban J connectivity index is 1.75. The van der Waals surface area contributed by atoms with Crippen LogP contribution in [0.15, 0.2) is 35.7 Å². The number of hydrogen-bond donors (Lipinski definition) is 1. The van der Waals surface area contributed by atoms with Crippen molar-refractivity contribution in [3.8, 4) is 5.75 Å². The van der Waals surface area contributed by atoms with Crippen LogP contribution in [-0.4, -0.2) is 54.0 Å². The number of halogens is 1. The predicted molar refractivity (Wildman–Crippen MR) is 125 cm³/mol. The number of hydrogen-bond acceptors (Lipinski definition) is 4. The number of nitrogens with zero attached hydrogens (tertiary/aromatic N) is 2. The molecule has 0 saturated heterocycles. The first-order valence-electron chi connectivity index (χ1n) is 11.2. The van der Waals surface area contributed by atoms with Crippen LogP contribution in [0.4, 0.5) is 9.18 Å². The molecule has 3 rings (SSSR count). The second kappa shape index (κ2) is 11.3. The van der Waals surface area contributed by atoms with Gasteiger partial charge in [0, 0.05) is 24.0 Å². The highest BCUT2D eigenvalue weighted by Crippen LogP contribution is 2.34. The Kier molecular flexibility index (Phi) is 8.50. The van der Waals surface area contributed by atoms with Crippen molar-refractivity contribution in [2.45, 2.75) is 52.1 Å². The molecule has 0 aliphatic carbocycles. The van der Waals surface area contributed by atoms with Crippen LogP contribution >= 0.6 is 11.3 Å². The molecule has 0 fully saturated rings. The second-order valence-electron chi connectivity index (χ2n) is 8.03. The summed E-state index contributed by atoms with van der Waals surface area (Å²) in [6.45, 7) is 7.42. The molecule has 174 valence electrons. The summed E-state index contributed by atoms with van der Waals surface area (Å²) in [7, 11) is 0. The van der Waals surface area contributed by atoms with Crippen molar-refractivity contribution in [2.75, 3.05) is 26.2 Å². The van der Waals surface area contributed by atoms with Gasteiger partial charge in [-0.3, -0.25) is 4.79 Å². The minimum Gasteiger partial charge on any atom is -0.491 e. The van der Waals surface area contributed by atoms with Crippen LogP contribution in [0.25, 0.3) is 0 Å². The number of carbonyl (C=O) groups excluding carboxylic acids is 2. The molecule has 8 heteroatoms. The molecule has 32 heavy (non-hydrogen) atoms. The number of rotatable bonds is 9. The fourth-order valence-electron chi connectivity index (χ4n) is 3.80. The van der Waals surface area contributed by atoms with Crippen LogP contribution in [-0.2, 0) is 11.2 Å². The summed E-state index contributed by atoms with van der Waals surface area (Å²) in [5.41, 5.74) is 1.09. The van der Waals surface area contributed by atoms with Crippen molar-refractivity contribution in [1.29, 1.82) is 0 Å². The molecular weight excluding hydrogens is 429 g/mol. The summed E-state index contributed by atoms with van der Waals surface area (Å²) in [5.74, 6) is 0.140. The van der Waals surface area contributed by atoms with Gasteiger partial charge in [-0.25, -0.2) is 9.18 Å². The Morgan fingerprint density at radius 3 is 2.72 bits per heavy atom. The van der Waals surface area contributed by atoms with Gasteiger partial charge in [-0.1, -0.05) is 13.8 Å². The lowest BCUT2D eigenvalue weighted by Gasteiger charge is -2.38. The maximum atomic E-state index is 13.4. The van der Waals surface area contributed by atoms with Gasteiger partial charge < -0.3 is 19.9 Å². The number of thiophene rings is 1. The van der Waals surface area contributed by atoms with E-state index in [1.165, 1.54) is 17.0 Å². The Bertz CT molecular complexity index is 902. The monoisotopic (exact) mass is 461 g/mol. The molecule has 2 heterocycles.